The van der Waals surface area contributed by atoms with Crippen LogP contribution in [-0.2, 0) is 9.53 Å². The molecule has 3 heteroatoms. The predicted octanol–water partition coefficient (Wildman–Crippen LogP) is 2.70. The number of carbonyl (C=O) groups is 1. The van der Waals surface area contributed by atoms with Crippen molar-refractivity contribution >= 4 is 5.91 Å². The van der Waals surface area contributed by atoms with Gasteiger partial charge in [-0.1, -0.05) is 26.7 Å². The van der Waals surface area contributed by atoms with E-state index in [9.17, 15) is 4.79 Å². The first-order chi connectivity index (χ1) is 8.68. The largest absolute Gasteiger partial charge is 0.378 e. The van der Waals surface area contributed by atoms with E-state index in [1.807, 2.05) is 4.90 Å². The SMILES string of the molecule is CC(C)C1CCCCC1CC(=O)N1CCOCC1. The molecule has 0 N–H and O–H groups in total. The van der Waals surface area contributed by atoms with Gasteiger partial charge in [0.2, 0.25) is 5.91 Å². The van der Waals surface area contributed by atoms with Crippen molar-refractivity contribution in [3.8, 4) is 0 Å². The molecule has 0 aromatic rings. The molecule has 2 aliphatic rings. The first kappa shape index (κ1) is 13.9. The highest BCUT2D eigenvalue weighted by Crippen LogP contribution is 2.37. The lowest BCUT2D eigenvalue weighted by Gasteiger charge is -2.36. The predicted molar refractivity (Wildman–Crippen MR) is 72.3 cm³/mol. The van der Waals surface area contributed by atoms with Crippen LogP contribution in [-0.4, -0.2) is 37.1 Å². The molecule has 18 heavy (non-hydrogen) atoms. The normalized spacial score (nSPS) is 29.6. The van der Waals surface area contributed by atoms with Crippen molar-refractivity contribution in [2.75, 3.05) is 26.3 Å². The van der Waals surface area contributed by atoms with E-state index in [0.717, 1.165) is 25.4 Å². The van der Waals surface area contributed by atoms with Crippen LogP contribution in [0.5, 0.6) is 0 Å². The van der Waals surface area contributed by atoms with E-state index in [2.05, 4.69) is 13.8 Å². The molecule has 1 heterocycles. The molecular formula is C15H27NO2. The number of rotatable bonds is 3. The molecule has 3 nitrogen and oxygen atoms in total. The Morgan fingerprint density at radius 3 is 2.56 bits per heavy atom. The average Bonchev–Trinajstić information content (AvgIpc) is 2.40. The van der Waals surface area contributed by atoms with Gasteiger partial charge in [-0.05, 0) is 30.6 Å². The van der Waals surface area contributed by atoms with E-state index >= 15 is 0 Å². The molecule has 2 fully saturated rings. The van der Waals surface area contributed by atoms with Crippen LogP contribution in [0.25, 0.3) is 0 Å². The Hall–Kier alpha value is -0.570. The average molecular weight is 253 g/mol. The van der Waals surface area contributed by atoms with Gasteiger partial charge in [0.25, 0.3) is 0 Å². The van der Waals surface area contributed by atoms with Crippen LogP contribution >= 0.6 is 0 Å². The van der Waals surface area contributed by atoms with E-state index < -0.39 is 0 Å². The van der Waals surface area contributed by atoms with Crippen molar-refractivity contribution in [1.82, 2.24) is 4.90 Å². The van der Waals surface area contributed by atoms with Crippen molar-refractivity contribution < 1.29 is 9.53 Å². The maximum absolute atomic E-state index is 12.3. The zero-order valence-electron chi connectivity index (χ0n) is 11.9. The molecule has 0 aromatic carbocycles. The fraction of sp³-hybridized carbons (Fsp3) is 0.933. The van der Waals surface area contributed by atoms with E-state index in [1.54, 1.807) is 0 Å². The first-order valence-corrected chi connectivity index (χ1v) is 7.54. The number of morpholine rings is 1. The van der Waals surface area contributed by atoms with Crippen LogP contribution in [0.2, 0.25) is 0 Å². The van der Waals surface area contributed by atoms with Crippen LogP contribution in [0.1, 0.15) is 46.0 Å². The van der Waals surface area contributed by atoms with Crippen molar-refractivity contribution in [1.29, 1.82) is 0 Å². The topological polar surface area (TPSA) is 29.5 Å². The van der Waals surface area contributed by atoms with Gasteiger partial charge >= 0.3 is 0 Å². The quantitative estimate of drug-likeness (QED) is 0.774. The van der Waals surface area contributed by atoms with Gasteiger partial charge in [-0.3, -0.25) is 4.79 Å². The Morgan fingerprint density at radius 1 is 1.22 bits per heavy atom. The third-order valence-electron chi connectivity index (χ3n) is 4.62. The summed E-state index contributed by atoms with van der Waals surface area (Å²) in [5, 5.41) is 0. The van der Waals surface area contributed by atoms with Gasteiger partial charge in [0.1, 0.15) is 0 Å². The second-order valence-corrected chi connectivity index (χ2v) is 6.15. The summed E-state index contributed by atoms with van der Waals surface area (Å²) in [4.78, 5) is 14.3. The summed E-state index contributed by atoms with van der Waals surface area (Å²) in [6, 6.07) is 0. The molecule has 0 aromatic heterocycles. The number of hydrogen-bond donors (Lipinski definition) is 0. The van der Waals surface area contributed by atoms with E-state index in [0.29, 0.717) is 31.0 Å². The number of ether oxygens (including phenoxy) is 1. The Bertz CT molecular complexity index is 272. The number of nitrogens with zero attached hydrogens (tertiary/aromatic N) is 1. The molecule has 0 spiro atoms. The van der Waals surface area contributed by atoms with Crippen molar-refractivity contribution in [2.24, 2.45) is 17.8 Å². The fourth-order valence-corrected chi connectivity index (χ4v) is 3.53. The Balaban J connectivity index is 1.87. The van der Waals surface area contributed by atoms with E-state index in [1.165, 1.54) is 25.7 Å². The number of carbonyl (C=O) groups excluding carboxylic acids is 1. The van der Waals surface area contributed by atoms with Gasteiger partial charge in [-0.2, -0.15) is 0 Å². The summed E-state index contributed by atoms with van der Waals surface area (Å²) in [5.41, 5.74) is 0. The molecule has 104 valence electrons. The fourth-order valence-electron chi connectivity index (χ4n) is 3.53. The molecule has 2 rings (SSSR count). The summed E-state index contributed by atoms with van der Waals surface area (Å²) >= 11 is 0. The second kappa shape index (κ2) is 6.55. The van der Waals surface area contributed by atoms with Crippen LogP contribution in [0.4, 0.5) is 0 Å². The van der Waals surface area contributed by atoms with Crippen LogP contribution in [0.15, 0.2) is 0 Å². The van der Waals surface area contributed by atoms with Gasteiger partial charge in [-0.25, -0.2) is 0 Å². The summed E-state index contributed by atoms with van der Waals surface area (Å²) in [6.45, 7) is 7.62. The zero-order chi connectivity index (χ0) is 13.0. The number of hydrogen-bond acceptors (Lipinski definition) is 2. The van der Waals surface area contributed by atoms with Gasteiger partial charge in [0.05, 0.1) is 13.2 Å². The Morgan fingerprint density at radius 2 is 1.89 bits per heavy atom. The van der Waals surface area contributed by atoms with Crippen LogP contribution in [0.3, 0.4) is 0 Å². The maximum atomic E-state index is 12.3. The summed E-state index contributed by atoms with van der Waals surface area (Å²) in [5.74, 6) is 2.45. The molecule has 0 bridgehead atoms. The third kappa shape index (κ3) is 3.47. The first-order valence-electron chi connectivity index (χ1n) is 7.54. The molecule has 0 radical (unpaired) electrons. The monoisotopic (exact) mass is 253 g/mol. The van der Waals surface area contributed by atoms with Crippen LogP contribution in [0, 0.1) is 17.8 Å². The summed E-state index contributed by atoms with van der Waals surface area (Å²) in [7, 11) is 0. The molecular weight excluding hydrogens is 226 g/mol. The highest BCUT2D eigenvalue weighted by Gasteiger charge is 2.30. The maximum Gasteiger partial charge on any atom is 0.223 e. The summed E-state index contributed by atoms with van der Waals surface area (Å²) in [6.07, 6.45) is 6.00. The van der Waals surface area contributed by atoms with Gasteiger partial charge in [0, 0.05) is 19.5 Å². The highest BCUT2D eigenvalue weighted by atomic mass is 16.5. The molecule has 1 aliphatic heterocycles. The smallest absolute Gasteiger partial charge is 0.223 e. The molecule has 1 saturated carbocycles. The van der Waals surface area contributed by atoms with Gasteiger partial charge in [-0.15, -0.1) is 0 Å². The van der Waals surface area contributed by atoms with Gasteiger partial charge in [0.15, 0.2) is 0 Å². The Labute approximate surface area is 111 Å². The molecule has 2 atom stereocenters. The van der Waals surface area contributed by atoms with Crippen molar-refractivity contribution in [2.45, 2.75) is 46.0 Å². The zero-order valence-corrected chi connectivity index (χ0v) is 11.9. The van der Waals surface area contributed by atoms with E-state index in [4.69, 9.17) is 4.74 Å². The highest BCUT2D eigenvalue weighted by molar-refractivity contribution is 5.76. The van der Waals surface area contributed by atoms with Crippen molar-refractivity contribution in [3.63, 3.8) is 0 Å². The number of amides is 1. The lowest BCUT2D eigenvalue weighted by Crippen LogP contribution is -2.42. The minimum Gasteiger partial charge on any atom is -0.378 e. The second-order valence-electron chi connectivity index (χ2n) is 6.15. The third-order valence-corrected chi connectivity index (χ3v) is 4.62. The lowest BCUT2D eigenvalue weighted by molar-refractivity contribution is -0.137. The van der Waals surface area contributed by atoms with Crippen LogP contribution < -0.4 is 0 Å². The molecule has 1 saturated heterocycles. The molecule has 2 unspecified atom stereocenters. The molecule has 1 aliphatic carbocycles. The molecule has 1 amide bonds. The minimum atomic E-state index is 0.357. The minimum absolute atomic E-state index is 0.357. The Kier molecular flexibility index (Phi) is 5.04. The van der Waals surface area contributed by atoms with E-state index in [-0.39, 0.29) is 0 Å². The van der Waals surface area contributed by atoms with Crippen molar-refractivity contribution in [3.05, 3.63) is 0 Å². The van der Waals surface area contributed by atoms with Gasteiger partial charge < -0.3 is 9.64 Å². The standard InChI is InChI=1S/C15H27NO2/c1-12(2)14-6-4-3-5-13(14)11-15(17)16-7-9-18-10-8-16/h12-14H,3-11H2,1-2H3. The lowest BCUT2D eigenvalue weighted by atomic mass is 9.72. The summed E-state index contributed by atoms with van der Waals surface area (Å²) < 4.78 is 5.31.